The molecule has 5 heteroatoms. The third kappa shape index (κ3) is 5.56. The van der Waals surface area contributed by atoms with Crippen molar-refractivity contribution >= 4 is 35.2 Å². The number of hydrogen-bond donors (Lipinski definition) is 2. The standard InChI is InChI=1S/C23H19ClN2O2/c24-19-12-13-21(26-22(27)14-11-17-7-3-1-4-8-17)20(15-19)23(28)25-16-18-9-5-2-6-10-18/h1-15H,16H2,(H,25,28)(H,26,27)/b14-11-. The molecule has 0 heterocycles. The number of anilines is 1. The second kappa shape index (κ2) is 9.53. The number of hydrogen-bond acceptors (Lipinski definition) is 2. The minimum atomic E-state index is -0.330. The summed E-state index contributed by atoms with van der Waals surface area (Å²) in [4.78, 5) is 24.9. The summed E-state index contributed by atoms with van der Waals surface area (Å²) >= 11 is 6.05. The lowest BCUT2D eigenvalue weighted by Crippen LogP contribution is -2.24. The van der Waals surface area contributed by atoms with E-state index in [0.717, 1.165) is 11.1 Å². The largest absolute Gasteiger partial charge is 0.348 e. The molecule has 0 unspecified atom stereocenters. The predicted molar refractivity (Wildman–Crippen MR) is 113 cm³/mol. The summed E-state index contributed by atoms with van der Waals surface area (Å²) in [6.07, 6.45) is 3.13. The summed E-state index contributed by atoms with van der Waals surface area (Å²) < 4.78 is 0. The number of carbonyl (C=O) groups is 2. The van der Waals surface area contributed by atoms with Crippen LogP contribution in [0.4, 0.5) is 5.69 Å². The number of rotatable bonds is 6. The smallest absolute Gasteiger partial charge is 0.253 e. The van der Waals surface area contributed by atoms with Crippen LogP contribution in [0.2, 0.25) is 5.02 Å². The van der Waals surface area contributed by atoms with Gasteiger partial charge in [0.15, 0.2) is 0 Å². The van der Waals surface area contributed by atoms with E-state index in [1.807, 2.05) is 60.7 Å². The zero-order chi connectivity index (χ0) is 19.8. The number of carbonyl (C=O) groups excluding carboxylic acids is 2. The summed E-state index contributed by atoms with van der Waals surface area (Å²) in [5, 5.41) is 6.01. The number of benzene rings is 3. The maximum Gasteiger partial charge on any atom is 0.253 e. The van der Waals surface area contributed by atoms with Gasteiger partial charge in [0.05, 0.1) is 11.3 Å². The lowest BCUT2D eigenvalue weighted by molar-refractivity contribution is -0.111. The van der Waals surface area contributed by atoms with Crippen LogP contribution in [0.15, 0.2) is 84.9 Å². The maximum atomic E-state index is 12.6. The van der Waals surface area contributed by atoms with Crippen LogP contribution in [-0.4, -0.2) is 11.8 Å². The molecule has 0 spiro atoms. The normalized spacial score (nSPS) is 10.6. The zero-order valence-corrected chi connectivity index (χ0v) is 15.8. The maximum absolute atomic E-state index is 12.6. The van der Waals surface area contributed by atoms with Crippen LogP contribution < -0.4 is 10.6 Å². The van der Waals surface area contributed by atoms with Gasteiger partial charge in [0.1, 0.15) is 0 Å². The molecule has 0 aromatic heterocycles. The Balaban J connectivity index is 1.70. The van der Waals surface area contributed by atoms with Crippen molar-refractivity contribution in [2.75, 3.05) is 5.32 Å². The lowest BCUT2D eigenvalue weighted by atomic mass is 10.1. The molecule has 2 amide bonds. The highest BCUT2D eigenvalue weighted by Gasteiger charge is 2.13. The first-order chi connectivity index (χ1) is 13.6. The van der Waals surface area contributed by atoms with Gasteiger partial charge in [-0.3, -0.25) is 9.59 Å². The Bertz CT molecular complexity index is 986. The van der Waals surface area contributed by atoms with Gasteiger partial charge in [-0.25, -0.2) is 0 Å². The average Bonchev–Trinajstić information content (AvgIpc) is 2.73. The van der Waals surface area contributed by atoms with Gasteiger partial charge in [-0.05, 0) is 35.4 Å². The third-order valence-electron chi connectivity index (χ3n) is 4.01. The number of amides is 2. The lowest BCUT2D eigenvalue weighted by Gasteiger charge is -2.11. The fourth-order valence-corrected chi connectivity index (χ4v) is 2.77. The Morgan fingerprint density at radius 2 is 1.57 bits per heavy atom. The molecular formula is C23H19ClN2O2. The second-order valence-electron chi connectivity index (χ2n) is 6.09. The van der Waals surface area contributed by atoms with Crippen molar-refractivity contribution in [3.05, 3.63) is 107 Å². The zero-order valence-electron chi connectivity index (χ0n) is 15.1. The number of nitrogens with one attached hydrogen (secondary N) is 2. The number of halogens is 1. The quantitative estimate of drug-likeness (QED) is 0.587. The minimum absolute atomic E-state index is 0.310. The monoisotopic (exact) mass is 390 g/mol. The van der Waals surface area contributed by atoms with Gasteiger partial charge in [-0.2, -0.15) is 0 Å². The molecule has 0 bridgehead atoms. The van der Waals surface area contributed by atoms with E-state index in [9.17, 15) is 9.59 Å². The van der Waals surface area contributed by atoms with E-state index in [2.05, 4.69) is 10.6 Å². The first kappa shape index (κ1) is 19.4. The van der Waals surface area contributed by atoms with Crippen molar-refractivity contribution in [2.45, 2.75) is 6.54 Å². The van der Waals surface area contributed by atoms with Crippen molar-refractivity contribution < 1.29 is 9.59 Å². The Hall–Kier alpha value is -3.37. The van der Waals surface area contributed by atoms with Gasteiger partial charge in [-0.1, -0.05) is 72.3 Å². The molecule has 0 aliphatic rings. The van der Waals surface area contributed by atoms with E-state index in [1.54, 1.807) is 24.3 Å². The summed E-state index contributed by atoms with van der Waals surface area (Å²) in [7, 11) is 0. The third-order valence-corrected chi connectivity index (χ3v) is 4.24. The Kier molecular flexibility index (Phi) is 6.60. The molecule has 0 saturated heterocycles. The second-order valence-corrected chi connectivity index (χ2v) is 6.53. The highest BCUT2D eigenvalue weighted by molar-refractivity contribution is 6.31. The van der Waals surface area contributed by atoms with E-state index in [0.29, 0.717) is 22.8 Å². The molecule has 0 fully saturated rings. The van der Waals surface area contributed by atoms with Crippen LogP contribution in [0, 0.1) is 0 Å². The van der Waals surface area contributed by atoms with Crippen LogP contribution in [0.5, 0.6) is 0 Å². The van der Waals surface area contributed by atoms with Crippen LogP contribution in [0.25, 0.3) is 6.08 Å². The first-order valence-electron chi connectivity index (χ1n) is 8.77. The van der Waals surface area contributed by atoms with Gasteiger partial charge in [0.2, 0.25) is 5.91 Å². The molecule has 3 rings (SSSR count). The predicted octanol–water partition coefficient (Wildman–Crippen LogP) is 4.92. The fourth-order valence-electron chi connectivity index (χ4n) is 2.60. The molecule has 0 saturated carbocycles. The SMILES string of the molecule is O=C(/C=C\c1ccccc1)Nc1ccc(Cl)cc1C(=O)NCc1ccccc1. The Labute approximate surface area is 168 Å². The van der Waals surface area contributed by atoms with Gasteiger partial charge in [0, 0.05) is 17.6 Å². The molecular weight excluding hydrogens is 372 g/mol. The molecule has 28 heavy (non-hydrogen) atoms. The van der Waals surface area contributed by atoms with Gasteiger partial charge in [0.25, 0.3) is 5.91 Å². The summed E-state index contributed by atoms with van der Waals surface area (Å²) in [6, 6.07) is 23.9. The van der Waals surface area contributed by atoms with Crippen molar-refractivity contribution in [1.82, 2.24) is 5.32 Å². The molecule has 0 atom stereocenters. The Morgan fingerprint density at radius 1 is 0.893 bits per heavy atom. The van der Waals surface area contributed by atoms with Gasteiger partial charge < -0.3 is 10.6 Å². The van der Waals surface area contributed by atoms with Gasteiger partial charge >= 0.3 is 0 Å². The molecule has 0 aliphatic heterocycles. The highest BCUT2D eigenvalue weighted by atomic mass is 35.5. The molecule has 3 aromatic carbocycles. The topological polar surface area (TPSA) is 58.2 Å². The van der Waals surface area contributed by atoms with Crippen molar-refractivity contribution in [3.8, 4) is 0 Å². The van der Waals surface area contributed by atoms with E-state index in [4.69, 9.17) is 11.6 Å². The minimum Gasteiger partial charge on any atom is -0.348 e. The van der Waals surface area contributed by atoms with E-state index < -0.39 is 0 Å². The van der Waals surface area contributed by atoms with E-state index >= 15 is 0 Å². The fraction of sp³-hybridized carbons (Fsp3) is 0.0435. The first-order valence-corrected chi connectivity index (χ1v) is 9.15. The summed E-state index contributed by atoms with van der Waals surface area (Å²) in [5.74, 6) is -0.642. The average molecular weight is 391 g/mol. The van der Waals surface area contributed by atoms with Crippen LogP contribution >= 0.6 is 11.6 Å². The van der Waals surface area contributed by atoms with Crippen molar-refractivity contribution in [1.29, 1.82) is 0 Å². The molecule has 4 nitrogen and oxygen atoms in total. The van der Waals surface area contributed by atoms with Crippen LogP contribution in [-0.2, 0) is 11.3 Å². The van der Waals surface area contributed by atoms with E-state index in [-0.39, 0.29) is 11.8 Å². The van der Waals surface area contributed by atoms with Gasteiger partial charge in [-0.15, -0.1) is 0 Å². The van der Waals surface area contributed by atoms with E-state index in [1.165, 1.54) is 6.08 Å². The van der Waals surface area contributed by atoms with Crippen molar-refractivity contribution in [2.24, 2.45) is 0 Å². The molecule has 0 aliphatic carbocycles. The van der Waals surface area contributed by atoms with Crippen molar-refractivity contribution in [3.63, 3.8) is 0 Å². The highest BCUT2D eigenvalue weighted by Crippen LogP contribution is 2.21. The molecule has 2 N–H and O–H groups in total. The summed E-state index contributed by atoms with van der Waals surface area (Å²) in [5.41, 5.74) is 2.60. The Morgan fingerprint density at radius 3 is 2.29 bits per heavy atom. The molecule has 3 aromatic rings. The van der Waals surface area contributed by atoms with Crippen LogP contribution in [0.3, 0.4) is 0 Å². The summed E-state index contributed by atoms with van der Waals surface area (Å²) in [6.45, 7) is 0.382. The molecule has 140 valence electrons. The molecule has 0 radical (unpaired) electrons. The van der Waals surface area contributed by atoms with Crippen LogP contribution in [0.1, 0.15) is 21.5 Å².